The van der Waals surface area contributed by atoms with E-state index in [9.17, 15) is 18.0 Å². The lowest BCUT2D eigenvalue weighted by atomic mass is 10.0. The Balaban J connectivity index is 1.83. The summed E-state index contributed by atoms with van der Waals surface area (Å²) in [6.45, 7) is 5.78. The van der Waals surface area contributed by atoms with Gasteiger partial charge in [0.25, 0.3) is 5.91 Å². The Hall–Kier alpha value is -2.71. The van der Waals surface area contributed by atoms with Gasteiger partial charge < -0.3 is 10.6 Å². The first kappa shape index (κ1) is 22.6. The highest BCUT2D eigenvalue weighted by Gasteiger charge is 2.16. The van der Waals surface area contributed by atoms with Crippen LogP contribution in [0.4, 0.5) is 0 Å². The van der Waals surface area contributed by atoms with Crippen molar-refractivity contribution in [1.82, 2.24) is 15.4 Å². The molecule has 1 atom stereocenters. The predicted molar refractivity (Wildman–Crippen MR) is 112 cm³/mol. The largest absolute Gasteiger partial charge is 0.354 e. The van der Waals surface area contributed by atoms with E-state index < -0.39 is 15.9 Å². The van der Waals surface area contributed by atoms with Crippen molar-refractivity contribution in [1.29, 1.82) is 0 Å². The van der Waals surface area contributed by atoms with Crippen LogP contribution in [0.15, 0.2) is 59.5 Å². The first-order valence-electron chi connectivity index (χ1n) is 9.41. The molecule has 0 aliphatic carbocycles. The third-order valence-electron chi connectivity index (χ3n) is 4.20. The number of carbonyl (C=O) groups excluding carboxylic acids is 2. The van der Waals surface area contributed by atoms with Crippen LogP contribution < -0.4 is 15.4 Å². The van der Waals surface area contributed by atoms with Crippen molar-refractivity contribution in [3.8, 4) is 0 Å². The SMILES string of the molecule is CC(C)NS(=O)(=O)c1ccc(C(=O)NCC(=O)NC[C@H](C)c2ccccc2)cc1. The molecule has 0 saturated heterocycles. The molecule has 8 heteroatoms. The zero-order valence-corrected chi connectivity index (χ0v) is 17.6. The lowest BCUT2D eigenvalue weighted by Gasteiger charge is -2.13. The minimum absolute atomic E-state index is 0.0791. The van der Waals surface area contributed by atoms with Crippen LogP contribution in [-0.4, -0.2) is 39.4 Å². The number of amides is 2. The topological polar surface area (TPSA) is 104 Å². The van der Waals surface area contributed by atoms with Gasteiger partial charge in [0.05, 0.1) is 11.4 Å². The Morgan fingerprint density at radius 3 is 2.10 bits per heavy atom. The first-order valence-corrected chi connectivity index (χ1v) is 10.9. The fraction of sp³-hybridized carbons (Fsp3) is 0.333. The Morgan fingerprint density at radius 1 is 0.897 bits per heavy atom. The van der Waals surface area contributed by atoms with Crippen molar-refractivity contribution in [3.63, 3.8) is 0 Å². The average molecular weight is 418 g/mol. The van der Waals surface area contributed by atoms with E-state index in [0.29, 0.717) is 6.54 Å². The van der Waals surface area contributed by atoms with Crippen LogP contribution in [0, 0.1) is 0 Å². The predicted octanol–water partition coefficient (Wildman–Crippen LogP) is 2.02. The van der Waals surface area contributed by atoms with Gasteiger partial charge in [-0.1, -0.05) is 37.3 Å². The number of benzene rings is 2. The zero-order valence-electron chi connectivity index (χ0n) is 16.8. The fourth-order valence-electron chi connectivity index (χ4n) is 2.66. The number of carbonyl (C=O) groups is 2. The molecule has 2 rings (SSSR count). The van der Waals surface area contributed by atoms with E-state index in [1.807, 2.05) is 37.3 Å². The van der Waals surface area contributed by atoms with Crippen molar-refractivity contribution in [2.45, 2.75) is 37.6 Å². The average Bonchev–Trinajstić information content (AvgIpc) is 2.70. The van der Waals surface area contributed by atoms with Crippen LogP contribution in [0.3, 0.4) is 0 Å². The molecule has 2 aromatic carbocycles. The molecular formula is C21H27N3O4S. The summed E-state index contributed by atoms with van der Waals surface area (Å²) in [4.78, 5) is 24.3. The van der Waals surface area contributed by atoms with E-state index in [-0.39, 0.29) is 34.9 Å². The van der Waals surface area contributed by atoms with Crippen LogP contribution in [0.2, 0.25) is 0 Å². The van der Waals surface area contributed by atoms with Crippen LogP contribution in [0.25, 0.3) is 0 Å². The van der Waals surface area contributed by atoms with Crippen molar-refractivity contribution in [3.05, 3.63) is 65.7 Å². The molecule has 0 unspecified atom stereocenters. The number of hydrogen-bond acceptors (Lipinski definition) is 4. The Bertz CT molecular complexity index is 926. The molecule has 3 N–H and O–H groups in total. The van der Waals surface area contributed by atoms with Gasteiger partial charge in [0.2, 0.25) is 15.9 Å². The molecule has 0 spiro atoms. The molecule has 2 amide bonds. The number of nitrogens with one attached hydrogen (secondary N) is 3. The Kier molecular flexibility index (Phi) is 7.92. The second kappa shape index (κ2) is 10.2. The highest BCUT2D eigenvalue weighted by Crippen LogP contribution is 2.13. The number of sulfonamides is 1. The Labute approximate surface area is 172 Å². The maximum atomic E-state index is 12.2. The minimum Gasteiger partial charge on any atom is -0.354 e. The van der Waals surface area contributed by atoms with Crippen LogP contribution in [0.5, 0.6) is 0 Å². The third-order valence-corrected chi connectivity index (χ3v) is 5.88. The molecule has 0 heterocycles. The summed E-state index contributed by atoms with van der Waals surface area (Å²) in [5, 5.41) is 5.33. The van der Waals surface area contributed by atoms with E-state index in [1.165, 1.54) is 24.3 Å². The molecule has 29 heavy (non-hydrogen) atoms. The normalized spacial score (nSPS) is 12.4. The molecule has 156 valence electrons. The summed E-state index contributed by atoms with van der Waals surface area (Å²) in [7, 11) is -3.61. The standard InChI is InChI=1S/C21H27N3O4S/c1-15(2)24-29(27,28)19-11-9-18(10-12-19)21(26)23-14-20(25)22-13-16(3)17-7-5-4-6-8-17/h4-12,15-16,24H,13-14H2,1-3H3,(H,22,25)(H,23,26)/t16-/m0/s1. The van der Waals surface area contributed by atoms with E-state index in [0.717, 1.165) is 5.56 Å². The molecule has 0 fully saturated rings. The van der Waals surface area contributed by atoms with Gasteiger partial charge in [-0.25, -0.2) is 13.1 Å². The fourth-order valence-corrected chi connectivity index (χ4v) is 3.91. The molecule has 0 aliphatic rings. The van der Waals surface area contributed by atoms with E-state index in [1.54, 1.807) is 13.8 Å². The molecule has 7 nitrogen and oxygen atoms in total. The zero-order chi connectivity index (χ0) is 21.4. The van der Waals surface area contributed by atoms with Gasteiger partial charge in [-0.15, -0.1) is 0 Å². The van der Waals surface area contributed by atoms with Crippen LogP contribution >= 0.6 is 0 Å². The molecule has 2 aromatic rings. The maximum Gasteiger partial charge on any atom is 0.251 e. The molecule has 0 aliphatic heterocycles. The van der Waals surface area contributed by atoms with Gasteiger partial charge in [0.1, 0.15) is 0 Å². The Morgan fingerprint density at radius 2 is 1.52 bits per heavy atom. The van der Waals surface area contributed by atoms with Crippen molar-refractivity contribution >= 4 is 21.8 Å². The second-order valence-corrected chi connectivity index (χ2v) is 8.81. The molecular weight excluding hydrogens is 390 g/mol. The summed E-state index contributed by atoms with van der Waals surface area (Å²) in [6, 6.07) is 15.2. The number of rotatable bonds is 9. The van der Waals surface area contributed by atoms with E-state index in [2.05, 4.69) is 15.4 Å². The lowest BCUT2D eigenvalue weighted by Crippen LogP contribution is -2.38. The smallest absolute Gasteiger partial charge is 0.251 e. The molecule has 0 saturated carbocycles. The lowest BCUT2D eigenvalue weighted by molar-refractivity contribution is -0.120. The van der Waals surface area contributed by atoms with Crippen molar-refractivity contribution in [2.75, 3.05) is 13.1 Å². The summed E-state index contributed by atoms with van der Waals surface area (Å²) >= 11 is 0. The summed E-state index contributed by atoms with van der Waals surface area (Å²) in [6.07, 6.45) is 0. The second-order valence-electron chi connectivity index (χ2n) is 7.10. The third kappa shape index (κ3) is 6.99. The van der Waals surface area contributed by atoms with Crippen molar-refractivity contribution in [2.24, 2.45) is 0 Å². The van der Waals surface area contributed by atoms with E-state index in [4.69, 9.17) is 0 Å². The van der Waals surface area contributed by atoms with Gasteiger partial charge in [-0.2, -0.15) is 0 Å². The highest BCUT2D eigenvalue weighted by atomic mass is 32.2. The van der Waals surface area contributed by atoms with Gasteiger partial charge in [-0.05, 0) is 49.6 Å². The minimum atomic E-state index is -3.61. The van der Waals surface area contributed by atoms with E-state index >= 15 is 0 Å². The van der Waals surface area contributed by atoms with Crippen molar-refractivity contribution < 1.29 is 18.0 Å². The summed E-state index contributed by atoms with van der Waals surface area (Å²) in [5.74, 6) is -0.580. The summed E-state index contributed by atoms with van der Waals surface area (Å²) < 4.78 is 26.7. The van der Waals surface area contributed by atoms with Crippen LogP contribution in [0.1, 0.15) is 42.6 Å². The van der Waals surface area contributed by atoms with Gasteiger partial charge in [0, 0.05) is 18.2 Å². The molecule has 0 aromatic heterocycles. The van der Waals surface area contributed by atoms with Gasteiger partial charge in [-0.3, -0.25) is 9.59 Å². The maximum absolute atomic E-state index is 12.2. The first-order chi connectivity index (χ1) is 13.7. The molecule has 0 bridgehead atoms. The number of hydrogen-bond donors (Lipinski definition) is 3. The van der Waals surface area contributed by atoms with Crippen LogP contribution in [-0.2, 0) is 14.8 Å². The highest BCUT2D eigenvalue weighted by molar-refractivity contribution is 7.89. The monoisotopic (exact) mass is 417 g/mol. The summed E-state index contributed by atoms with van der Waals surface area (Å²) in [5.41, 5.74) is 1.40. The quantitative estimate of drug-likeness (QED) is 0.581. The van der Waals surface area contributed by atoms with Gasteiger partial charge >= 0.3 is 0 Å². The van der Waals surface area contributed by atoms with Gasteiger partial charge in [0.15, 0.2) is 0 Å². The molecule has 0 radical (unpaired) electrons.